The molecule has 0 unspecified atom stereocenters. The van der Waals surface area contributed by atoms with Crippen molar-refractivity contribution in [3.05, 3.63) is 66.3 Å². The summed E-state index contributed by atoms with van der Waals surface area (Å²) in [7, 11) is 0. The number of benzene rings is 1. The Morgan fingerprint density at radius 3 is 2.72 bits per heavy atom. The van der Waals surface area contributed by atoms with E-state index in [0.29, 0.717) is 6.54 Å². The van der Waals surface area contributed by atoms with Crippen LogP contribution in [0, 0.1) is 0 Å². The molecule has 3 heterocycles. The fourth-order valence-electron chi connectivity index (χ4n) is 3.53. The van der Waals surface area contributed by atoms with E-state index in [1.54, 1.807) is 12.5 Å². The molecule has 29 heavy (non-hydrogen) atoms. The molecule has 0 saturated carbocycles. The van der Waals surface area contributed by atoms with Crippen LogP contribution in [0.25, 0.3) is 5.69 Å². The first-order valence-corrected chi connectivity index (χ1v) is 10.1. The van der Waals surface area contributed by atoms with Crippen LogP contribution in [0.1, 0.15) is 18.2 Å². The van der Waals surface area contributed by atoms with Crippen molar-refractivity contribution in [3.63, 3.8) is 0 Å². The number of rotatable bonds is 6. The van der Waals surface area contributed by atoms with E-state index in [9.17, 15) is 0 Å². The summed E-state index contributed by atoms with van der Waals surface area (Å²) < 4.78 is 6.82. The fraction of sp³-hybridized carbons (Fsp3) is 0.381. The first-order valence-electron chi connectivity index (χ1n) is 10.1. The molecule has 2 aromatic heterocycles. The Morgan fingerprint density at radius 2 is 2.00 bits per heavy atom. The van der Waals surface area contributed by atoms with E-state index in [0.717, 1.165) is 62.2 Å². The van der Waals surface area contributed by atoms with Crippen molar-refractivity contribution < 1.29 is 4.52 Å². The lowest BCUT2D eigenvalue weighted by Gasteiger charge is -2.36. The Labute approximate surface area is 170 Å². The largest absolute Gasteiger partial charge is 0.364 e. The lowest BCUT2D eigenvalue weighted by Crippen LogP contribution is -2.52. The molecule has 0 amide bonds. The Hall–Kier alpha value is -3.13. The summed E-state index contributed by atoms with van der Waals surface area (Å²) in [6.07, 6.45) is 5.38. The number of aliphatic imine (C=N–C) groups is 1. The molecule has 0 radical (unpaired) electrons. The molecule has 8 nitrogen and oxygen atoms in total. The molecule has 1 aliphatic heterocycles. The number of nitrogens with one attached hydrogen (secondary N) is 1. The number of hydrogen-bond donors (Lipinski definition) is 1. The highest BCUT2D eigenvalue weighted by atomic mass is 16.5. The minimum atomic E-state index is 0.609. The lowest BCUT2D eigenvalue weighted by molar-refractivity contribution is 0.169. The normalized spacial score (nSPS) is 15.6. The molecule has 3 aromatic rings. The predicted octanol–water partition coefficient (Wildman–Crippen LogP) is 2.14. The van der Waals surface area contributed by atoms with Gasteiger partial charge in [-0.05, 0) is 24.6 Å². The van der Waals surface area contributed by atoms with Gasteiger partial charge in [0.25, 0.3) is 0 Å². The van der Waals surface area contributed by atoms with Crippen LogP contribution in [0.4, 0.5) is 0 Å². The van der Waals surface area contributed by atoms with Gasteiger partial charge in [-0.25, -0.2) is 9.67 Å². The SMILES string of the molecule is CCNC(=NCc1ccccc1-n1cccn1)N1CCN(Cc2ccon2)CC1. The van der Waals surface area contributed by atoms with Crippen LogP contribution in [-0.4, -0.2) is 63.4 Å². The van der Waals surface area contributed by atoms with E-state index in [4.69, 9.17) is 9.52 Å². The number of aromatic nitrogens is 3. The van der Waals surface area contributed by atoms with Crippen LogP contribution in [0.3, 0.4) is 0 Å². The molecule has 0 bridgehead atoms. The summed E-state index contributed by atoms with van der Waals surface area (Å²) >= 11 is 0. The van der Waals surface area contributed by atoms with Gasteiger partial charge in [-0.1, -0.05) is 23.4 Å². The molecule has 1 saturated heterocycles. The summed E-state index contributed by atoms with van der Waals surface area (Å²) in [5, 5.41) is 11.8. The van der Waals surface area contributed by atoms with Gasteiger partial charge in [-0.3, -0.25) is 4.90 Å². The molecule has 1 fully saturated rings. The molecule has 0 aliphatic carbocycles. The van der Waals surface area contributed by atoms with Crippen molar-refractivity contribution in [1.82, 2.24) is 30.1 Å². The average molecular weight is 393 g/mol. The van der Waals surface area contributed by atoms with E-state index >= 15 is 0 Å². The van der Waals surface area contributed by atoms with Gasteiger partial charge in [0, 0.05) is 57.7 Å². The number of nitrogens with zero attached hydrogens (tertiary/aromatic N) is 6. The number of hydrogen-bond acceptors (Lipinski definition) is 5. The second-order valence-electron chi connectivity index (χ2n) is 7.00. The molecular weight excluding hydrogens is 366 g/mol. The number of para-hydroxylation sites is 1. The zero-order valence-electron chi connectivity index (χ0n) is 16.7. The second kappa shape index (κ2) is 9.38. The molecule has 4 rings (SSSR count). The van der Waals surface area contributed by atoms with Crippen LogP contribution in [0.15, 0.2) is 64.6 Å². The second-order valence-corrected chi connectivity index (χ2v) is 7.00. The van der Waals surface area contributed by atoms with Crippen molar-refractivity contribution >= 4 is 5.96 Å². The standard InChI is InChI=1S/C21H27N7O/c1-2-22-21(27-13-11-26(12-14-27)17-19-8-15-29-25-19)23-16-18-6-3-4-7-20(18)28-10-5-9-24-28/h3-10,15H,2,11-14,16-17H2,1H3,(H,22,23). The maximum atomic E-state index is 4.94. The summed E-state index contributed by atoms with van der Waals surface area (Å²) in [5.74, 6) is 0.962. The third kappa shape index (κ3) is 4.83. The van der Waals surface area contributed by atoms with E-state index < -0.39 is 0 Å². The van der Waals surface area contributed by atoms with Gasteiger partial charge in [0.1, 0.15) is 6.26 Å². The molecular formula is C21H27N7O. The highest BCUT2D eigenvalue weighted by molar-refractivity contribution is 5.80. The van der Waals surface area contributed by atoms with Crippen molar-refractivity contribution in [1.29, 1.82) is 0 Å². The van der Waals surface area contributed by atoms with Crippen LogP contribution >= 0.6 is 0 Å². The Bertz CT molecular complexity index is 897. The minimum Gasteiger partial charge on any atom is -0.364 e. The topological polar surface area (TPSA) is 74.7 Å². The van der Waals surface area contributed by atoms with Crippen LogP contribution in [0.2, 0.25) is 0 Å². The Kier molecular flexibility index (Phi) is 6.21. The minimum absolute atomic E-state index is 0.609. The van der Waals surface area contributed by atoms with Crippen molar-refractivity contribution in [2.45, 2.75) is 20.0 Å². The molecule has 0 spiro atoms. The fourth-order valence-corrected chi connectivity index (χ4v) is 3.53. The predicted molar refractivity (Wildman–Crippen MR) is 112 cm³/mol. The van der Waals surface area contributed by atoms with E-state index in [1.807, 2.05) is 35.1 Å². The van der Waals surface area contributed by atoms with Gasteiger partial charge in [0.2, 0.25) is 0 Å². The van der Waals surface area contributed by atoms with Crippen molar-refractivity contribution in [3.8, 4) is 5.69 Å². The highest BCUT2D eigenvalue weighted by Crippen LogP contribution is 2.15. The van der Waals surface area contributed by atoms with E-state index in [1.165, 1.54) is 0 Å². The molecule has 152 valence electrons. The van der Waals surface area contributed by atoms with Gasteiger partial charge in [0.15, 0.2) is 5.96 Å². The Morgan fingerprint density at radius 1 is 1.14 bits per heavy atom. The summed E-state index contributed by atoms with van der Waals surface area (Å²) in [6, 6.07) is 12.1. The van der Waals surface area contributed by atoms with Crippen molar-refractivity contribution in [2.24, 2.45) is 4.99 Å². The average Bonchev–Trinajstić information content (AvgIpc) is 3.46. The quantitative estimate of drug-likeness (QED) is 0.511. The monoisotopic (exact) mass is 393 g/mol. The van der Waals surface area contributed by atoms with Crippen LogP contribution in [0.5, 0.6) is 0 Å². The first-order chi connectivity index (χ1) is 14.3. The zero-order valence-corrected chi connectivity index (χ0v) is 16.7. The summed E-state index contributed by atoms with van der Waals surface area (Å²) in [5.41, 5.74) is 3.19. The Balaban J connectivity index is 1.41. The van der Waals surface area contributed by atoms with Crippen LogP contribution in [-0.2, 0) is 13.1 Å². The molecule has 1 N–H and O–H groups in total. The highest BCUT2D eigenvalue weighted by Gasteiger charge is 2.20. The van der Waals surface area contributed by atoms with Gasteiger partial charge < -0.3 is 14.7 Å². The molecule has 1 aliphatic rings. The van der Waals surface area contributed by atoms with E-state index in [2.05, 4.69) is 44.4 Å². The third-order valence-electron chi connectivity index (χ3n) is 5.03. The van der Waals surface area contributed by atoms with Gasteiger partial charge in [-0.2, -0.15) is 5.10 Å². The summed E-state index contributed by atoms with van der Waals surface area (Å²) in [4.78, 5) is 9.65. The third-order valence-corrected chi connectivity index (χ3v) is 5.03. The molecule has 1 aromatic carbocycles. The zero-order chi connectivity index (χ0) is 19.9. The first kappa shape index (κ1) is 19.2. The molecule has 0 atom stereocenters. The van der Waals surface area contributed by atoms with E-state index in [-0.39, 0.29) is 0 Å². The lowest BCUT2D eigenvalue weighted by atomic mass is 10.2. The maximum Gasteiger partial charge on any atom is 0.194 e. The van der Waals surface area contributed by atoms with Gasteiger partial charge in [-0.15, -0.1) is 0 Å². The summed E-state index contributed by atoms with van der Waals surface area (Å²) in [6.45, 7) is 8.21. The smallest absolute Gasteiger partial charge is 0.194 e. The van der Waals surface area contributed by atoms with Gasteiger partial charge in [0.05, 0.1) is 17.9 Å². The number of guanidine groups is 1. The van der Waals surface area contributed by atoms with Crippen LogP contribution < -0.4 is 5.32 Å². The maximum absolute atomic E-state index is 4.94. The molecule has 8 heteroatoms. The number of piperazine rings is 1. The van der Waals surface area contributed by atoms with Gasteiger partial charge >= 0.3 is 0 Å². The van der Waals surface area contributed by atoms with Crippen molar-refractivity contribution in [2.75, 3.05) is 32.7 Å².